The molecule has 0 amide bonds. The second-order valence-corrected chi connectivity index (χ2v) is 7.86. The molecular formula is C19H20FNO5S. The molecule has 1 unspecified atom stereocenters. The van der Waals surface area contributed by atoms with Crippen molar-refractivity contribution in [3.8, 4) is 0 Å². The van der Waals surface area contributed by atoms with Crippen LogP contribution in [-0.2, 0) is 26.1 Å². The van der Waals surface area contributed by atoms with Gasteiger partial charge < -0.3 is 9.64 Å². The molecule has 2 aromatic rings. The van der Waals surface area contributed by atoms with E-state index in [9.17, 15) is 22.2 Å². The van der Waals surface area contributed by atoms with Crippen molar-refractivity contribution in [1.82, 2.24) is 0 Å². The smallest absolute Gasteiger partial charge is 0.279 e. The van der Waals surface area contributed by atoms with Crippen molar-refractivity contribution in [1.29, 1.82) is 0 Å². The number of morpholine rings is 1. The summed E-state index contributed by atoms with van der Waals surface area (Å²) in [5, 5.41) is -1.81. The summed E-state index contributed by atoms with van der Waals surface area (Å²) in [6, 6.07) is 11.9. The summed E-state index contributed by atoms with van der Waals surface area (Å²) in [5.74, 6) is -1.40. The molecule has 0 spiro atoms. The predicted octanol–water partition coefficient (Wildman–Crippen LogP) is 2.40. The van der Waals surface area contributed by atoms with E-state index < -0.39 is 27.0 Å². The second-order valence-electron chi connectivity index (χ2n) is 6.36. The molecule has 8 heteroatoms. The molecule has 1 fully saturated rings. The number of rotatable bonds is 6. The summed E-state index contributed by atoms with van der Waals surface area (Å²) in [6.07, 6.45) is -0.190. The average Bonchev–Trinajstić information content (AvgIpc) is 2.62. The number of hydrogen-bond donors (Lipinski definition) is 1. The molecule has 27 heavy (non-hydrogen) atoms. The maximum Gasteiger partial charge on any atom is 0.279 e. The summed E-state index contributed by atoms with van der Waals surface area (Å²) in [6.45, 7) is 2.87. The number of ketones is 1. The zero-order chi connectivity index (χ0) is 19.4. The summed E-state index contributed by atoms with van der Waals surface area (Å²) in [7, 11) is -4.72. The van der Waals surface area contributed by atoms with Crippen molar-refractivity contribution in [2.24, 2.45) is 0 Å². The van der Waals surface area contributed by atoms with Gasteiger partial charge in [0.15, 0.2) is 11.0 Å². The first-order valence-corrected chi connectivity index (χ1v) is 10.0. The Hall–Kier alpha value is -2.29. The average molecular weight is 393 g/mol. The number of halogens is 1. The Morgan fingerprint density at radius 1 is 1.15 bits per heavy atom. The summed E-state index contributed by atoms with van der Waals surface area (Å²) < 4.78 is 51.7. The number of benzene rings is 2. The first kappa shape index (κ1) is 19.5. The van der Waals surface area contributed by atoms with E-state index in [4.69, 9.17) is 4.74 Å². The maximum atomic E-state index is 13.4. The third-order valence-corrected chi connectivity index (χ3v) is 5.56. The van der Waals surface area contributed by atoms with Gasteiger partial charge in [-0.15, -0.1) is 0 Å². The second kappa shape index (κ2) is 8.16. The van der Waals surface area contributed by atoms with Crippen LogP contribution >= 0.6 is 0 Å². The normalized spacial score (nSPS) is 16.1. The topological polar surface area (TPSA) is 83.9 Å². The lowest BCUT2D eigenvalue weighted by Gasteiger charge is -2.28. The van der Waals surface area contributed by atoms with Gasteiger partial charge in [0, 0.05) is 25.2 Å². The van der Waals surface area contributed by atoms with Gasteiger partial charge in [-0.05, 0) is 35.4 Å². The molecule has 2 aromatic carbocycles. The van der Waals surface area contributed by atoms with Crippen LogP contribution in [-0.4, -0.2) is 45.1 Å². The highest BCUT2D eigenvalue weighted by Gasteiger charge is 2.32. The highest BCUT2D eigenvalue weighted by Crippen LogP contribution is 2.26. The minimum absolute atomic E-state index is 0.0903. The van der Waals surface area contributed by atoms with Crippen molar-refractivity contribution >= 4 is 21.6 Å². The zero-order valence-electron chi connectivity index (χ0n) is 14.5. The van der Waals surface area contributed by atoms with Gasteiger partial charge in [0.25, 0.3) is 10.1 Å². The first-order valence-electron chi connectivity index (χ1n) is 8.51. The molecule has 1 saturated heterocycles. The number of Topliss-reactive ketones (excluding diaryl/α,β-unsaturated/α-hetero) is 1. The number of anilines is 1. The molecule has 1 heterocycles. The Morgan fingerprint density at radius 3 is 2.41 bits per heavy atom. The van der Waals surface area contributed by atoms with Crippen LogP contribution in [0.2, 0.25) is 0 Å². The molecule has 1 aliphatic heterocycles. The molecule has 0 bridgehead atoms. The van der Waals surface area contributed by atoms with Crippen LogP contribution < -0.4 is 4.90 Å². The van der Waals surface area contributed by atoms with Crippen LogP contribution in [0, 0.1) is 5.82 Å². The third kappa shape index (κ3) is 4.91. The predicted molar refractivity (Wildman–Crippen MR) is 98.9 cm³/mol. The summed E-state index contributed by atoms with van der Waals surface area (Å²) >= 11 is 0. The molecule has 0 saturated carbocycles. The number of ether oxygens (including phenoxy) is 1. The van der Waals surface area contributed by atoms with E-state index in [0.29, 0.717) is 18.8 Å². The Labute approximate surface area is 157 Å². The molecular weight excluding hydrogens is 373 g/mol. The number of hydrogen-bond acceptors (Lipinski definition) is 5. The largest absolute Gasteiger partial charge is 0.378 e. The molecule has 144 valence electrons. The quantitative estimate of drug-likeness (QED) is 0.759. The molecule has 1 atom stereocenters. The standard InChI is InChI=1S/C19H20FNO5S/c20-16-3-1-2-15(13-16)19(27(23,24)25)18(22)12-14-4-6-17(7-5-14)21-8-10-26-11-9-21/h1-7,13,19H,8-12H2,(H,23,24,25). The number of carbonyl (C=O) groups excluding carboxylic acids is 1. The van der Waals surface area contributed by atoms with Gasteiger partial charge in [0.2, 0.25) is 0 Å². The zero-order valence-corrected chi connectivity index (χ0v) is 15.4. The van der Waals surface area contributed by atoms with E-state index in [1.54, 1.807) is 12.1 Å². The van der Waals surface area contributed by atoms with Crippen molar-refractivity contribution in [2.75, 3.05) is 31.2 Å². The van der Waals surface area contributed by atoms with Gasteiger partial charge in [-0.2, -0.15) is 8.42 Å². The molecule has 0 aromatic heterocycles. The van der Waals surface area contributed by atoms with Gasteiger partial charge >= 0.3 is 0 Å². The molecule has 3 rings (SSSR count). The van der Waals surface area contributed by atoms with Crippen molar-refractivity contribution < 1.29 is 26.9 Å². The van der Waals surface area contributed by atoms with E-state index in [0.717, 1.165) is 30.9 Å². The molecule has 1 N–H and O–H groups in total. The highest BCUT2D eigenvalue weighted by molar-refractivity contribution is 7.86. The maximum absolute atomic E-state index is 13.4. The third-order valence-electron chi connectivity index (χ3n) is 4.43. The van der Waals surface area contributed by atoms with E-state index in [1.165, 1.54) is 12.1 Å². The lowest BCUT2D eigenvalue weighted by molar-refractivity contribution is -0.118. The fourth-order valence-electron chi connectivity index (χ4n) is 3.13. The molecule has 1 aliphatic rings. The van der Waals surface area contributed by atoms with Gasteiger partial charge in [-0.1, -0.05) is 24.3 Å². The van der Waals surface area contributed by atoms with E-state index in [-0.39, 0.29) is 12.0 Å². The molecule has 0 radical (unpaired) electrons. The number of nitrogens with zero attached hydrogens (tertiary/aromatic N) is 1. The minimum atomic E-state index is -4.72. The molecule has 6 nitrogen and oxygen atoms in total. The van der Waals surface area contributed by atoms with Crippen LogP contribution in [0.5, 0.6) is 0 Å². The summed E-state index contributed by atoms with van der Waals surface area (Å²) in [4.78, 5) is 14.7. The summed E-state index contributed by atoms with van der Waals surface area (Å²) in [5.41, 5.74) is 1.51. The lowest BCUT2D eigenvalue weighted by Crippen LogP contribution is -2.36. The monoisotopic (exact) mass is 393 g/mol. The lowest BCUT2D eigenvalue weighted by atomic mass is 10.0. The Balaban J connectivity index is 1.77. The van der Waals surface area contributed by atoms with E-state index in [1.807, 2.05) is 12.1 Å². The van der Waals surface area contributed by atoms with E-state index in [2.05, 4.69) is 4.90 Å². The number of carbonyl (C=O) groups is 1. The van der Waals surface area contributed by atoms with Gasteiger partial charge in [0.05, 0.1) is 13.2 Å². The van der Waals surface area contributed by atoms with Gasteiger partial charge in [-0.25, -0.2) is 4.39 Å². The van der Waals surface area contributed by atoms with Crippen LogP contribution in [0.4, 0.5) is 10.1 Å². The van der Waals surface area contributed by atoms with Crippen molar-refractivity contribution in [3.05, 3.63) is 65.5 Å². The van der Waals surface area contributed by atoms with Crippen LogP contribution in [0.1, 0.15) is 16.4 Å². The van der Waals surface area contributed by atoms with Crippen molar-refractivity contribution in [2.45, 2.75) is 11.7 Å². The van der Waals surface area contributed by atoms with E-state index >= 15 is 0 Å². The van der Waals surface area contributed by atoms with Gasteiger partial charge in [-0.3, -0.25) is 9.35 Å². The Kier molecular flexibility index (Phi) is 5.88. The highest BCUT2D eigenvalue weighted by atomic mass is 32.2. The Morgan fingerprint density at radius 2 is 1.81 bits per heavy atom. The Bertz CT molecular complexity index is 908. The first-order chi connectivity index (χ1) is 12.8. The van der Waals surface area contributed by atoms with Gasteiger partial charge in [0.1, 0.15) is 5.82 Å². The van der Waals surface area contributed by atoms with Crippen LogP contribution in [0.25, 0.3) is 0 Å². The van der Waals surface area contributed by atoms with Crippen molar-refractivity contribution in [3.63, 3.8) is 0 Å². The SMILES string of the molecule is O=C(Cc1ccc(N2CCOCC2)cc1)C(c1cccc(F)c1)S(=O)(=O)O. The fourth-order valence-corrected chi connectivity index (χ4v) is 4.04. The minimum Gasteiger partial charge on any atom is -0.378 e. The van der Waals surface area contributed by atoms with Crippen LogP contribution in [0.15, 0.2) is 48.5 Å². The van der Waals surface area contributed by atoms with Crippen LogP contribution in [0.3, 0.4) is 0 Å². The molecule has 0 aliphatic carbocycles. The fraction of sp³-hybridized carbons (Fsp3) is 0.316.